The Morgan fingerprint density at radius 2 is 2.10 bits per heavy atom. The standard InChI is InChI=1S/C26H33ClN2O2/c1-3-5-6-7-10-28-26-21-9-8-20(27)16-22(21)29-23-14-17-11-18(15-24(30)31-4-2)13-19(12-17)25(23)26/h8-9,11,16-17,19H,3-7,10,12-15H2,1-2H3,(H,28,29)/t17-,19-/m1/s1. The largest absolute Gasteiger partial charge is 0.466 e. The molecule has 0 amide bonds. The van der Waals surface area contributed by atoms with Gasteiger partial charge in [-0.25, -0.2) is 0 Å². The van der Waals surface area contributed by atoms with Crippen molar-refractivity contribution >= 4 is 34.2 Å². The van der Waals surface area contributed by atoms with Gasteiger partial charge < -0.3 is 10.1 Å². The van der Waals surface area contributed by atoms with Crippen molar-refractivity contribution < 1.29 is 9.53 Å². The molecule has 2 aliphatic carbocycles. The minimum Gasteiger partial charge on any atom is -0.466 e. The zero-order chi connectivity index (χ0) is 21.8. The number of allylic oxidation sites excluding steroid dienone is 1. The number of fused-ring (bicyclic) bond motifs is 5. The molecule has 1 aromatic heterocycles. The van der Waals surface area contributed by atoms with E-state index in [0.717, 1.165) is 41.7 Å². The molecular formula is C26H33ClN2O2. The van der Waals surface area contributed by atoms with Crippen LogP contribution in [0.1, 0.15) is 76.0 Å². The second-order valence-corrected chi connectivity index (χ2v) is 9.34. The smallest absolute Gasteiger partial charge is 0.309 e. The van der Waals surface area contributed by atoms with Crippen LogP contribution in [0.15, 0.2) is 29.8 Å². The van der Waals surface area contributed by atoms with Crippen molar-refractivity contribution in [2.24, 2.45) is 5.92 Å². The first-order valence-corrected chi connectivity index (χ1v) is 12.2. The molecule has 2 aliphatic rings. The number of ether oxygens (including phenoxy) is 1. The van der Waals surface area contributed by atoms with Crippen LogP contribution < -0.4 is 5.32 Å². The first kappa shape index (κ1) is 22.1. The summed E-state index contributed by atoms with van der Waals surface area (Å²) in [5.41, 5.74) is 5.97. The molecule has 5 heteroatoms. The number of aromatic nitrogens is 1. The summed E-state index contributed by atoms with van der Waals surface area (Å²) < 4.78 is 5.20. The lowest BCUT2D eigenvalue weighted by Gasteiger charge is -2.36. The molecular weight excluding hydrogens is 408 g/mol. The minimum atomic E-state index is -0.116. The number of hydrogen-bond acceptors (Lipinski definition) is 4. The molecule has 166 valence electrons. The van der Waals surface area contributed by atoms with E-state index in [1.165, 1.54) is 48.2 Å². The fraction of sp³-hybridized carbons (Fsp3) is 0.538. The predicted molar refractivity (Wildman–Crippen MR) is 128 cm³/mol. The van der Waals surface area contributed by atoms with E-state index in [1.54, 1.807) is 0 Å². The summed E-state index contributed by atoms with van der Waals surface area (Å²) in [6.45, 7) is 5.51. The number of nitrogens with one attached hydrogen (secondary N) is 1. The molecule has 2 atom stereocenters. The molecule has 0 saturated heterocycles. The van der Waals surface area contributed by atoms with Crippen LogP contribution in [0.5, 0.6) is 0 Å². The summed E-state index contributed by atoms with van der Waals surface area (Å²) in [6.07, 6.45) is 10.6. The van der Waals surface area contributed by atoms with Gasteiger partial charge in [0.2, 0.25) is 0 Å². The quantitative estimate of drug-likeness (QED) is 0.264. The van der Waals surface area contributed by atoms with Crippen LogP contribution in [0.2, 0.25) is 5.02 Å². The number of carbonyl (C=O) groups excluding carboxylic acids is 1. The highest BCUT2D eigenvalue weighted by Crippen LogP contribution is 2.48. The lowest BCUT2D eigenvalue weighted by atomic mass is 9.70. The van der Waals surface area contributed by atoms with Gasteiger partial charge in [-0.1, -0.05) is 49.4 Å². The highest BCUT2D eigenvalue weighted by Gasteiger charge is 2.34. The fourth-order valence-electron chi connectivity index (χ4n) is 5.23. The normalized spacial score (nSPS) is 19.6. The van der Waals surface area contributed by atoms with Gasteiger partial charge in [0, 0.05) is 33.9 Å². The van der Waals surface area contributed by atoms with E-state index in [4.69, 9.17) is 21.3 Å². The minimum absolute atomic E-state index is 0.116. The zero-order valence-corrected chi connectivity index (χ0v) is 19.4. The molecule has 2 aromatic rings. The van der Waals surface area contributed by atoms with Crippen molar-refractivity contribution in [2.45, 2.75) is 71.1 Å². The molecule has 0 radical (unpaired) electrons. The first-order chi connectivity index (χ1) is 15.1. The van der Waals surface area contributed by atoms with Crippen molar-refractivity contribution in [1.82, 2.24) is 4.98 Å². The second kappa shape index (κ2) is 10.0. The van der Waals surface area contributed by atoms with Crippen LogP contribution in [0.25, 0.3) is 10.9 Å². The van der Waals surface area contributed by atoms with E-state index in [-0.39, 0.29) is 5.97 Å². The summed E-state index contributed by atoms with van der Waals surface area (Å²) in [5, 5.41) is 5.65. The topological polar surface area (TPSA) is 51.2 Å². The predicted octanol–water partition coefficient (Wildman–Crippen LogP) is 6.81. The molecule has 0 spiro atoms. The maximum atomic E-state index is 12.1. The Balaban J connectivity index is 1.65. The van der Waals surface area contributed by atoms with Gasteiger partial charge in [0.1, 0.15) is 0 Å². The Morgan fingerprint density at radius 3 is 2.90 bits per heavy atom. The molecule has 1 heterocycles. The lowest BCUT2D eigenvalue weighted by Crippen LogP contribution is -2.25. The number of unbranched alkanes of at least 4 members (excludes halogenated alkanes) is 3. The van der Waals surface area contributed by atoms with Crippen molar-refractivity contribution in [3.63, 3.8) is 0 Å². The van der Waals surface area contributed by atoms with Gasteiger partial charge in [0.15, 0.2) is 0 Å². The van der Waals surface area contributed by atoms with Gasteiger partial charge >= 0.3 is 5.97 Å². The van der Waals surface area contributed by atoms with Gasteiger partial charge in [-0.3, -0.25) is 9.78 Å². The highest BCUT2D eigenvalue weighted by molar-refractivity contribution is 6.31. The molecule has 1 aromatic carbocycles. The highest BCUT2D eigenvalue weighted by atomic mass is 35.5. The van der Waals surface area contributed by atoms with Gasteiger partial charge in [0.25, 0.3) is 0 Å². The average molecular weight is 441 g/mol. The second-order valence-electron chi connectivity index (χ2n) is 8.90. The Labute approximate surface area is 190 Å². The SMILES string of the molecule is CCCCCCNc1c2c(nc3cc(Cl)ccc13)C[C@@H]1C=C(CC(=O)OCC)C[C@H]2C1. The third-order valence-corrected chi connectivity index (χ3v) is 6.74. The molecule has 31 heavy (non-hydrogen) atoms. The molecule has 0 fully saturated rings. The van der Waals surface area contributed by atoms with Crippen LogP contribution >= 0.6 is 11.6 Å². The van der Waals surface area contributed by atoms with E-state index >= 15 is 0 Å². The zero-order valence-electron chi connectivity index (χ0n) is 18.7. The van der Waals surface area contributed by atoms with Gasteiger partial charge in [-0.05, 0) is 62.6 Å². The molecule has 4 nitrogen and oxygen atoms in total. The fourth-order valence-corrected chi connectivity index (χ4v) is 5.39. The van der Waals surface area contributed by atoms with Crippen molar-refractivity contribution in [1.29, 1.82) is 0 Å². The number of nitrogens with zero attached hydrogens (tertiary/aromatic N) is 1. The van der Waals surface area contributed by atoms with E-state index in [9.17, 15) is 4.79 Å². The number of carbonyl (C=O) groups is 1. The van der Waals surface area contributed by atoms with Crippen LogP contribution in [0.3, 0.4) is 0 Å². The average Bonchev–Trinajstić information content (AvgIpc) is 2.72. The van der Waals surface area contributed by atoms with Crippen molar-refractivity contribution in [3.05, 3.63) is 46.1 Å². The molecule has 1 N–H and O–H groups in total. The molecule has 2 bridgehead atoms. The molecule has 4 rings (SSSR count). The van der Waals surface area contributed by atoms with Gasteiger partial charge in [0.05, 0.1) is 18.5 Å². The van der Waals surface area contributed by atoms with Crippen molar-refractivity contribution in [2.75, 3.05) is 18.5 Å². The summed E-state index contributed by atoms with van der Waals surface area (Å²) >= 11 is 6.29. The monoisotopic (exact) mass is 440 g/mol. The lowest BCUT2D eigenvalue weighted by molar-refractivity contribution is -0.142. The number of pyridine rings is 1. The Kier molecular flexibility index (Phi) is 7.16. The third kappa shape index (κ3) is 5.06. The number of hydrogen-bond donors (Lipinski definition) is 1. The maximum Gasteiger partial charge on any atom is 0.309 e. The Bertz CT molecular complexity index is 985. The van der Waals surface area contributed by atoms with Crippen LogP contribution in [0, 0.1) is 5.92 Å². The van der Waals surface area contributed by atoms with Crippen molar-refractivity contribution in [3.8, 4) is 0 Å². The summed E-state index contributed by atoms with van der Waals surface area (Å²) in [7, 11) is 0. The number of anilines is 1. The molecule has 0 saturated carbocycles. The number of halogens is 1. The van der Waals surface area contributed by atoms with E-state index in [2.05, 4.69) is 24.4 Å². The molecule has 0 aliphatic heterocycles. The van der Waals surface area contributed by atoms with Crippen LogP contribution in [-0.4, -0.2) is 24.1 Å². The van der Waals surface area contributed by atoms with Crippen LogP contribution in [-0.2, 0) is 16.0 Å². The van der Waals surface area contributed by atoms with E-state index < -0.39 is 0 Å². The number of benzene rings is 1. The van der Waals surface area contributed by atoms with Gasteiger partial charge in [-0.15, -0.1) is 0 Å². The van der Waals surface area contributed by atoms with Gasteiger partial charge in [-0.2, -0.15) is 0 Å². The third-order valence-electron chi connectivity index (χ3n) is 6.50. The Hall–Kier alpha value is -2.07. The maximum absolute atomic E-state index is 12.1. The van der Waals surface area contributed by atoms with E-state index in [1.807, 2.05) is 19.1 Å². The summed E-state index contributed by atoms with van der Waals surface area (Å²) in [6, 6.07) is 6.04. The number of rotatable bonds is 9. The van der Waals surface area contributed by atoms with Crippen LogP contribution in [0.4, 0.5) is 5.69 Å². The first-order valence-electron chi connectivity index (χ1n) is 11.8. The van der Waals surface area contributed by atoms with E-state index in [0.29, 0.717) is 24.9 Å². The summed E-state index contributed by atoms with van der Waals surface area (Å²) in [4.78, 5) is 17.1. The molecule has 0 unspecified atom stereocenters. The summed E-state index contributed by atoms with van der Waals surface area (Å²) in [5.74, 6) is 0.723. The number of esters is 1. The Morgan fingerprint density at radius 1 is 1.23 bits per heavy atom.